The molecule has 0 aromatic carbocycles. The molecule has 0 spiro atoms. The van der Waals surface area contributed by atoms with Crippen LogP contribution in [0.1, 0.15) is 55.4 Å². The predicted octanol–water partition coefficient (Wildman–Crippen LogP) is 6.11. The second kappa shape index (κ2) is 9.33. The van der Waals surface area contributed by atoms with Crippen LogP contribution in [0.25, 0.3) is 0 Å². The van der Waals surface area contributed by atoms with E-state index >= 15 is 0 Å². The van der Waals surface area contributed by atoms with Gasteiger partial charge in [-0.3, -0.25) is 4.79 Å². The number of amides is 1. The van der Waals surface area contributed by atoms with Crippen molar-refractivity contribution in [2.24, 2.45) is 11.8 Å². The maximum atomic E-state index is 13.7. The Bertz CT molecular complexity index is 748. The Balaban J connectivity index is 3.38. The van der Waals surface area contributed by atoms with Gasteiger partial charge in [0.1, 0.15) is 14.2 Å². The van der Waals surface area contributed by atoms with Gasteiger partial charge in [0, 0.05) is 12.0 Å². The summed E-state index contributed by atoms with van der Waals surface area (Å²) >= 11 is 0. The van der Waals surface area contributed by atoms with E-state index < -0.39 is 30.7 Å². The van der Waals surface area contributed by atoms with E-state index in [0.717, 1.165) is 0 Å². The molecule has 5 atom stereocenters. The van der Waals surface area contributed by atoms with Crippen molar-refractivity contribution >= 4 is 30.5 Å². The molecule has 0 aromatic heterocycles. The van der Waals surface area contributed by atoms with Crippen LogP contribution < -0.4 is 0 Å². The topological polar surface area (TPSA) is 49.8 Å². The van der Waals surface area contributed by atoms with Crippen molar-refractivity contribution in [1.29, 1.82) is 0 Å². The molecule has 0 unspecified atom stereocenters. The monoisotopic (exact) mass is 497 g/mol. The molecule has 1 N–H and O–H groups in total. The molecule has 0 aliphatic carbocycles. The molecule has 4 nitrogen and oxygen atoms in total. The third-order valence-electron chi connectivity index (χ3n) is 8.05. The van der Waals surface area contributed by atoms with Gasteiger partial charge in [0.25, 0.3) is 0 Å². The number of hydrogen-bond acceptors (Lipinski definition) is 3. The highest BCUT2D eigenvalue weighted by atomic mass is 28.4. The van der Waals surface area contributed by atoms with Crippen molar-refractivity contribution in [3.05, 3.63) is 0 Å². The number of hydrogen-bond donors (Lipinski definition) is 1. The zero-order valence-corrected chi connectivity index (χ0v) is 26.6. The fourth-order valence-electron chi connectivity index (χ4n) is 3.91. The zero-order valence-electron chi connectivity index (χ0n) is 23.6. The molecule has 1 fully saturated rings. The largest absolute Gasteiger partial charge is 0.413 e. The molecule has 0 radical (unpaired) electrons. The molecule has 0 saturated carbocycles. The number of carbonyl (C=O) groups is 1. The van der Waals surface area contributed by atoms with E-state index in [1.54, 1.807) is 0 Å². The summed E-state index contributed by atoms with van der Waals surface area (Å²) < 4.78 is 8.85. The summed E-state index contributed by atoms with van der Waals surface area (Å²) in [6, 6.07) is -0.0471. The standard InChI is InChI=1S/C25H51NO3Si3/c1-18(20(27)16-17-30(9,10)11)22-21(19(2)29-32(14,15)25(6,7)8)23(28)26(22)31(12,13)24(3,4)5/h18-22,27H,1-15H3/t18-,19-,20-,21-,22-/m1/s1. The van der Waals surface area contributed by atoms with Gasteiger partial charge in [-0.15, -0.1) is 5.54 Å². The van der Waals surface area contributed by atoms with Gasteiger partial charge in [-0.2, -0.15) is 0 Å². The second-order valence-corrected chi connectivity index (χ2v) is 28.5. The lowest BCUT2D eigenvalue weighted by Crippen LogP contribution is -2.77. The van der Waals surface area contributed by atoms with Gasteiger partial charge >= 0.3 is 0 Å². The van der Waals surface area contributed by atoms with Gasteiger partial charge in [0.15, 0.2) is 16.6 Å². The Labute approximate surface area is 202 Å². The molecule has 1 saturated heterocycles. The summed E-state index contributed by atoms with van der Waals surface area (Å²) in [5, 5.41) is 11.2. The summed E-state index contributed by atoms with van der Waals surface area (Å²) in [6.45, 7) is 33.1. The molecule has 1 amide bonds. The molecule has 32 heavy (non-hydrogen) atoms. The maximum absolute atomic E-state index is 13.7. The first kappa shape index (κ1) is 29.6. The normalized spacial score (nSPS) is 23.8. The smallest absolute Gasteiger partial charge is 0.222 e. The lowest BCUT2D eigenvalue weighted by atomic mass is 9.77. The van der Waals surface area contributed by atoms with Gasteiger partial charge in [-0.1, -0.05) is 87.1 Å². The lowest BCUT2D eigenvalue weighted by molar-refractivity contribution is -0.159. The summed E-state index contributed by atoms with van der Waals surface area (Å²) in [5.74, 6) is 2.99. The van der Waals surface area contributed by atoms with Crippen LogP contribution in [0, 0.1) is 23.3 Å². The van der Waals surface area contributed by atoms with E-state index in [1.807, 2.05) is 0 Å². The highest BCUT2D eigenvalue weighted by Gasteiger charge is 2.61. The van der Waals surface area contributed by atoms with Gasteiger partial charge in [-0.05, 0) is 30.1 Å². The van der Waals surface area contributed by atoms with Crippen molar-refractivity contribution < 1.29 is 14.3 Å². The van der Waals surface area contributed by atoms with E-state index in [1.165, 1.54) is 0 Å². The van der Waals surface area contributed by atoms with Crippen molar-refractivity contribution in [1.82, 2.24) is 4.57 Å². The quantitative estimate of drug-likeness (QED) is 0.274. The van der Waals surface area contributed by atoms with Crippen LogP contribution in [-0.4, -0.2) is 58.5 Å². The molecule has 0 aromatic rings. The van der Waals surface area contributed by atoms with Crippen LogP contribution in [0.4, 0.5) is 0 Å². The van der Waals surface area contributed by atoms with Crippen LogP contribution in [0.3, 0.4) is 0 Å². The highest BCUT2D eigenvalue weighted by Crippen LogP contribution is 2.49. The first-order chi connectivity index (χ1) is 14.0. The third-order valence-corrected chi connectivity index (χ3v) is 18.9. The van der Waals surface area contributed by atoms with E-state index in [2.05, 4.69) is 117 Å². The molecule has 0 bridgehead atoms. The molecule has 1 rings (SSSR count). The molecular formula is C25H51NO3Si3. The summed E-state index contributed by atoms with van der Waals surface area (Å²) in [5.41, 5.74) is 3.33. The molecule has 186 valence electrons. The molecular weight excluding hydrogens is 447 g/mol. The maximum Gasteiger partial charge on any atom is 0.222 e. The summed E-state index contributed by atoms with van der Waals surface area (Å²) in [7, 11) is -5.73. The van der Waals surface area contributed by atoms with Crippen LogP contribution in [-0.2, 0) is 9.22 Å². The van der Waals surface area contributed by atoms with E-state index in [-0.39, 0.29) is 40.0 Å². The van der Waals surface area contributed by atoms with Crippen LogP contribution in [0.15, 0.2) is 0 Å². The van der Waals surface area contributed by atoms with Gasteiger partial charge < -0.3 is 14.1 Å². The number of carbonyl (C=O) groups excluding carboxylic acids is 1. The first-order valence-corrected chi connectivity index (χ1v) is 21.5. The number of rotatable bonds is 6. The zero-order chi connectivity index (χ0) is 25.7. The Morgan fingerprint density at radius 3 is 1.78 bits per heavy atom. The Morgan fingerprint density at radius 1 is 0.938 bits per heavy atom. The molecule has 1 aliphatic heterocycles. The van der Waals surface area contributed by atoms with Crippen molar-refractivity contribution in [2.75, 3.05) is 0 Å². The molecule has 7 heteroatoms. The SMILES string of the molecule is C[C@@H]([C@@H]1[C@@H]([C@@H](C)O[Si](C)(C)C(C)(C)C)C(=O)N1[Si](C)(C)C(C)(C)C)[C@H](O)C#C[Si](C)(C)C. The van der Waals surface area contributed by atoms with Crippen LogP contribution in [0.2, 0.25) is 55.9 Å². The third kappa shape index (κ3) is 6.18. The Morgan fingerprint density at radius 2 is 1.41 bits per heavy atom. The fourth-order valence-corrected chi connectivity index (χ4v) is 8.48. The van der Waals surface area contributed by atoms with E-state index in [0.29, 0.717) is 0 Å². The Kier molecular flexibility index (Phi) is 8.64. The average Bonchev–Trinajstić information content (AvgIpc) is 2.53. The van der Waals surface area contributed by atoms with Gasteiger partial charge in [0.2, 0.25) is 5.91 Å². The minimum atomic E-state index is -2.11. The number of nitrogens with zero attached hydrogens (tertiary/aromatic N) is 1. The second-order valence-electron chi connectivity index (χ2n) is 13.9. The van der Waals surface area contributed by atoms with Crippen molar-refractivity contribution in [3.63, 3.8) is 0 Å². The first-order valence-electron chi connectivity index (χ1n) is 12.2. The molecule has 1 heterocycles. The summed E-state index contributed by atoms with van der Waals surface area (Å²) in [6.07, 6.45) is -0.913. The minimum Gasteiger partial charge on any atom is -0.413 e. The van der Waals surface area contributed by atoms with Crippen LogP contribution >= 0.6 is 0 Å². The minimum absolute atomic E-state index is 0.0318. The number of aliphatic hydroxyl groups excluding tert-OH is 1. The van der Waals surface area contributed by atoms with E-state index in [9.17, 15) is 9.90 Å². The number of β-lactam (4-membered cyclic amide) rings is 1. The van der Waals surface area contributed by atoms with E-state index in [4.69, 9.17) is 4.43 Å². The lowest BCUT2D eigenvalue weighted by Gasteiger charge is -2.62. The van der Waals surface area contributed by atoms with Crippen LogP contribution in [0.5, 0.6) is 0 Å². The number of aliphatic hydroxyl groups is 1. The Hall–Kier alpha value is -0.399. The van der Waals surface area contributed by atoms with Crippen molar-refractivity contribution in [2.45, 2.75) is 130 Å². The fraction of sp³-hybridized carbons (Fsp3) is 0.880. The molecule has 1 aliphatic rings. The summed E-state index contributed by atoms with van der Waals surface area (Å²) in [4.78, 5) is 13.7. The highest BCUT2D eigenvalue weighted by molar-refractivity contribution is 6.83. The predicted molar refractivity (Wildman–Crippen MR) is 145 cm³/mol. The van der Waals surface area contributed by atoms with Gasteiger partial charge in [-0.25, -0.2) is 0 Å². The van der Waals surface area contributed by atoms with Crippen molar-refractivity contribution in [3.8, 4) is 11.5 Å². The average molecular weight is 498 g/mol. The van der Waals surface area contributed by atoms with Gasteiger partial charge in [0.05, 0.1) is 12.0 Å².